The Balaban J connectivity index is 2.99. The normalized spacial score (nSPS) is 13.6. The van der Waals surface area contributed by atoms with E-state index < -0.39 is 12.0 Å². The topological polar surface area (TPSA) is 63.8 Å². The SMILES string of the molecule is CCC(C)Nc1cc(N)nc(C(F)(F)F)n1. The Kier molecular flexibility index (Phi) is 3.56. The number of hydrogen-bond acceptors (Lipinski definition) is 4. The van der Waals surface area contributed by atoms with E-state index in [2.05, 4.69) is 15.3 Å². The molecular formula is C9H13F3N4. The molecule has 1 aromatic rings. The summed E-state index contributed by atoms with van der Waals surface area (Å²) in [6, 6.07) is 1.30. The smallest absolute Gasteiger partial charge is 0.384 e. The van der Waals surface area contributed by atoms with Crippen molar-refractivity contribution in [2.75, 3.05) is 11.1 Å². The zero-order valence-electron chi connectivity index (χ0n) is 8.97. The number of alkyl halides is 3. The summed E-state index contributed by atoms with van der Waals surface area (Å²) in [5, 5.41) is 2.81. The molecular weight excluding hydrogens is 221 g/mol. The van der Waals surface area contributed by atoms with Gasteiger partial charge in [0, 0.05) is 12.1 Å². The molecule has 1 unspecified atom stereocenters. The molecule has 16 heavy (non-hydrogen) atoms. The summed E-state index contributed by atoms with van der Waals surface area (Å²) < 4.78 is 37.1. The van der Waals surface area contributed by atoms with Gasteiger partial charge in [-0.05, 0) is 13.3 Å². The highest BCUT2D eigenvalue weighted by molar-refractivity contribution is 5.45. The molecule has 0 aliphatic heterocycles. The highest BCUT2D eigenvalue weighted by atomic mass is 19.4. The number of nitrogen functional groups attached to an aromatic ring is 1. The van der Waals surface area contributed by atoms with E-state index in [9.17, 15) is 13.2 Å². The van der Waals surface area contributed by atoms with Gasteiger partial charge in [-0.25, -0.2) is 9.97 Å². The molecule has 0 spiro atoms. The number of nitrogens with one attached hydrogen (secondary N) is 1. The van der Waals surface area contributed by atoms with Gasteiger partial charge in [0.15, 0.2) is 0 Å². The Morgan fingerprint density at radius 3 is 2.56 bits per heavy atom. The Bertz CT molecular complexity index is 364. The quantitative estimate of drug-likeness (QED) is 0.842. The highest BCUT2D eigenvalue weighted by Gasteiger charge is 2.35. The number of nitrogens with zero attached hydrogens (tertiary/aromatic N) is 2. The number of anilines is 2. The van der Waals surface area contributed by atoms with Crippen LogP contribution in [0.5, 0.6) is 0 Å². The van der Waals surface area contributed by atoms with Gasteiger partial charge in [-0.15, -0.1) is 0 Å². The summed E-state index contributed by atoms with van der Waals surface area (Å²) in [6.07, 6.45) is -3.81. The first-order valence-corrected chi connectivity index (χ1v) is 4.81. The van der Waals surface area contributed by atoms with Crippen molar-refractivity contribution in [3.63, 3.8) is 0 Å². The van der Waals surface area contributed by atoms with Gasteiger partial charge in [-0.2, -0.15) is 13.2 Å². The van der Waals surface area contributed by atoms with Crippen molar-refractivity contribution in [3.05, 3.63) is 11.9 Å². The summed E-state index contributed by atoms with van der Waals surface area (Å²) >= 11 is 0. The van der Waals surface area contributed by atoms with E-state index in [0.29, 0.717) is 0 Å². The Labute approximate surface area is 91.1 Å². The van der Waals surface area contributed by atoms with Crippen molar-refractivity contribution < 1.29 is 13.2 Å². The second-order valence-corrected chi connectivity index (χ2v) is 3.45. The van der Waals surface area contributed by atoms with Crippen molar-refractivity contribution in [1.82, 2.24) is 9.97 Å². The maximum atomic E-state index is 12.4. The number of halogens is 3. The fraction of sp³-hybridized carbons (Fsp3) is 0.556. The number of aromatic nitrogens is 2. The molecule has 0 amide bonds. The van der Waals surface area contributed by atoms with Gasteiger partial charge in [0.25, 0.3) is 0 Å². The lowest BCUT2D eigenvalue weighted by Crippen LogP contribution is -2.18. The summed E-state index contributed by atoms with van der Waals surface area (Å²) in [5.41, 5.74) is 5.28. The maximum Gasteiger partial charge on any atom is 0.451 e. The third-order valence-electron chi connectivity index (χ3n) is 2.01. The van der Waals surface area contributed by atoms with Gasteiger partial charge in [-0.1, -0.05) is 6.92 Å². The number of nitrogens with two attached hydrogens (primary N) is 1. The molecule has 0 bridgehead atoms. The second-order valence-electron chi connectivity index (χ2n) is 3.45. The highest BCUT2D eigenvalue weighted by Crippen LogP contribution is 2.27. The average molecular weight is 234 g/mol. The molecule has 90 valence electrons. The van der Waals surface area contributed by atoms with Crippen LogP contribution in [0.2, 0.25) is 0 Å². The minimum atomic E-state index is -4.58. The molecule has 1 atom stereocenters. The van der Waals surface area contributed by atoms with Crippen molar-refractivity contribution in [1.29, 1.82) is 0 Å². The minimum absolute atomic E-state index is 0.0235. The van der Waals surface area contributed by atoms with Crippen LogP contribution in [0, 0.1) is 0 Å². The van der Waals surface area contributed by atoms with Crippen molar-refractivity contribution in [2.45, 2.75) is 32.5 Å². The fourth-order valence-electron chi connectivity index (χ4n) is 1.02. The van der Waals surface area contributed by atoms with Crippen molar-refractivity contribution in [3.8, 4) is 0 Å². The average Bonchev–Trinajstić information content (AvgIpc) is 2.15. The van der Waals surface area contributed by atoms with Gasteiger partial charge >= 0.3 is 6.18 Å². The third-order valence-corrected chi connectivity index (χ3v) is 2.01. The third kappa shape index (κ3) is 3.25. The Morgan fingerprint density at radius 2 is 2.06 bits per heavy atom. The molecule has 0 aliphatic rings. The summed E-state index contributed by atoms with van der Waals surface area (Å²) in [4.78, 5) is 6.51. The largest absolute Gasteiger partial charge is 0.451 e. The van der Waals surface area contributed by atoms with Crippen LogP contribution < -0.4 is 11.1 Å². The molecule has 1 heterocycles. The predicted octanol–water partition coefficient (Wildman–Crippen LogP) is 2.29. The molecule has 1 rings (SSSR count). The fourth-order valence-corrected chi connectivity index (χ4v) is 1.02. The zero-order valence-corrected chi connectivity index (χ0v) is 8.97. The molecule has 0 aliphatic carbocycles. The molecule has 7 heteroatoms. The van der Waals surface area contributed by atoms with Crippen LogP contribution in [0.25, 0.3) is 0 Å². The zero-order chi connectivity index (χ0) is 12.3. The lowest BCUT2D eigenvalue weighted by atomic mass is 10.2. The van der Waals surface area contributed by atoms with E-state index >= 15 is 0 Å². The summed E-state index contributed by atoms with van der Waals surface area (Å²) in [6.45, 7) is 3.75. The van der Waals surface area contributed by atoms with Crippen LogP contribution in [0.3, 0.4) is 0 Å². The Hall–Kier alpha value is -1.53. The van der Waals surface area contributed by atoms with Gasteiger partial charge < -0.3 is 11.1 Å². The van der Waals surface area contributed by atoms with Crippen LogP contribution in [0.4, 0.5) is 24.8 Å². The van der Waals surface area contributed by atoms with Gasteiger partial charge in [0.05, 0.1) is 0 Å². The van der Waals surface area contributed by atoms with E-state index in [0.717, 1.165) is 6.42 Å². The lowest BCUT2D eigenvalue weighted by Gasteiger charge is -2.14. The van der Waals surface area contributed by atoms with Gasteiger partial charge in [0.2, 0.25) is 5.82 Å². The van der Waals surface area contributed by atoms with E-state index in [1.54, 1.807) is 0 Å². The molecule has 0 fully saturated rings. The van der Waals surface area contributed by atoms with Crippen LogP contribution in [-0.2, 0) is 6.18 Å². The van der Waals surface area contributed by atoms with Gasteiger partial charge in [-0.3, -0.25) is 0 Å². The lowest BCUT2D eigenvalue weighted by molar-refractivity contribution is -0.144. The first-order chi connectivity index (χ1) is 7.32. The monoisotopic (exact) mass is 234 g/mol. The molecule has 0 aromatic carbocycles. The van der Waals surface area contributed by atoms with Crippen molar-refractivity contribution >= 4 is 11.6 Å². The van der Waals surface area contributed by atoms with Crippen molar-refractivity contribution in [2.24, 2.45) is 0 Å². The summed E-state index contributed by atoms with van der Waals surface area (Å²) in [5.74, 6) is -1.33. The second kappa shape index (κ2) is 4.54. The summed E-state index contributed by atoms with van der Waals surface area (Å²) in [7, 11) is 0. The molecule has 0 radical (unpaired) electrons. The molecule has 4 nitrogen and oxygen atoms in total. The molecule has 1 aromatic heterocycles. The van der Waals surface area contributed by atoms with Crippen LogP contribution in [-0.4, -0.2) is 16.0 Å². The standard InChI is InChI=1S/C9H13F3N4/c1-3-5(2)14-7-4-6(13)15-8(16-7)9(10,11)12/h4-5H,3H2,1-2H3,(H3,13,14,15,16). The number of hydrogen-bond donors (Lipinski definition) is 2. The van der Waals surface area contributed by atoms with E-state index in [1.165, 1.54) is 6.07 Å². The molecule has 0 saturated heterocycles. The minimum Gasteiger partial charge on any atom is -0.384 e. The van der Waals surface area contributed by atoms with E-state index in [-0.39, 0.29) is 17.7 Å². The van der Waals surface area contributed by atoms with E-state index in [1.807, 2.05) is 13.8 Å². The molecule has 0 saturated carbocycles. The Morgan fingerprint density at radius 1 is 1.44 bits per heavy atom. The van der Waals surface area contributed by atoms with E-state index in [4.69, 9.17) is 5.73 Å². The first kappa shape index (κ1) is 12.5. The van der Waals surface area contributed by atoms with Crippen LogP contribution in [0.1, 0.15) is 26.1 Å². The van der Waals surface area contributed by atoms with Crippen LogP contribution >= 0.6 is 0 Å². The maximum absolute atomic E-state index is 12.4. The predicted molar refractivity (Wildman–Crippen MR) is 54.8 cm³/mol. The number of rotatable bonds is 3. The van der Waals surface area contributed by atoms with Crippen LogP contribution in [0.15, 0.2) is 6.07 Å². The first-order valence-electron chi connectivity index (χ1n) is 4.81. The van der Waals surface area contributed by atoms with Gasteiger partial charge in [0.1, 0.15) is 11.6 Å². The molecule has 3 N–H and O–H groups in total.